The van der Waals surface area contributed by atoms with Gasteiger partial charge in [-0.1, -0.05) is 44.2 Å². The van der Waals surface area contributed by atoms with Crippen LogP contribution >= 0.6 is 0 Å². The molecule has 20 heavy (non-hydrogen) atoms. The lowest BCUT2D eigenvalue weighted by Crippen LogP contribution is -2.38. The fraction of sp³-hybridized carbons (Fsp3) is 0.294. The van der Waals surface area contributed by atoms with Gasteiger partial charge >= 0.3 is 0 Å². The van der Waals surface area contributed by atoms with Gasteiger partial charge in [-0.2, -0.15) is 0 Å². The molecule has 0 bridgehead atoms. The zero-order valence-corrected chi connectivity index (χ0v) is 12.7. The van der Waals surface area contributed by atoms with Crippen LogP contribution in [0.3, 0.4) is 0 Å². The second-order valence-electron chi connectivity index (χ2n) is 4.14. The second kappa shape index (κ2) is 6.85. The number of allylic oxidation sites excluding steroid dienone is 2. The monoisotopic (exact) mass is 271 g/mol. The quantitative estimate of drug-likeness (QED) is 0.576. The predicted molar refractivity (Wildman–Crippen MR) is 83.2 cm³/mol. The molecule has 1 aromatic carbocycles. The summed E-state index contributed by atoms with van der Waals surface area (Å²) in [4.78, 5) is 25.4. The summed E-state index contributed by atoms with van der Waals surface area (Å²) < 4.78 is 0. The molecule has 0 fully saturated rings. The Morgan fingerprint density at radius 2 is 1.70 bits per heavy atom. The average molecular weight is 271 g/mol. The Balaban J connectivity index is 0.000000956. The van der Waals surface area contributed by atoms with Gasteiger partial charge in [-0.25, -0.2) is 0 Å². The Morgan fingerprint density at radius 3 is 2.25 bits per heavy atom. The summed E-state index contributed by atoms with van der Waals surface area (Å²) >= 11 is 0. The molecule has 0 aromatic heterocycles. The Hall–Kier alpha value is -2.16. The number of hydrogen-bond acceptors (Lipinski definition) is 2. The van der Waals surface area contributed by atoms with Crippen LogP contribution in [0.1, 0.15) is 49.2 Å². The molecular formula is C17H21NO2. The maximum Gasteiger partial charge on any atom is 0.261 e. The molecule has 1 aliphatic heterocycles. The minimum Gasteiger partial charge on any atom is -0.277 e. The second-order valence-corrected chi connectivity index (χ2v) is 4.14. The van der Waals surface area contributed by atoms with Crippen molar-refractivity contribution in [2.75, 3.05) is 7.05 Å². The van der Waals surface area contributed by atoms with E-state index in [0.29, 0.717) is 11.1 Å². The summed E-state index contributed by atoms with van der Waals surface area (Å²) in [5.41, 5.74) is 2.81. The van der Waals surface area contributed by atoms with Crippen LogP contribution in [-0.2, 0) is 4.79 Å². The van der Waals surface area contributed by atoms with Crippen molar-refractivity contribution in [1.82, 2.24) is 4.90 Å². The van der Waals surface area contributed by atoms with Crippen LogP contribution < -0.4 is 0 Å². The third-order valence-corrected chi connectivity index (χ3v) is 3.07. The fourth-order valence-electron chi connectivity index (χ4n) is 2.20. The summed E-state index contributed by atoms with van der Waals surface area (Å²) in [7, 11) is 1.51. The van der Waals surface area contributed by atoms with Crippen molar-refractivity contribution in [3.63, 3.8) is 0 Å². The molecule has 2 amide bonds. The van der Waals surface area contributed by atoms with Gasteiger partial charge in [0.2, 0.25) is 0 Å². The van der Waals surface area contributed by atoms with Crippen molar-refractivity contribution in [3.8, 4) is 0 Å². The summed E-state index contributed by atoms with van der Waals surface area (Å²) in [6, 6.07) is 5.51. The lowest BCUT2D eigenvalue weighted by atomic mass is 9.89. The fourth-order valence-corrected chi connectivity index (χ4v) is 2.20. The number of likely N-dealkylation sites (N-methyl/N-ethyl adjacent to an activating group) is 1. The van der Waals surface area contributed by atoms with E-state index in [0.717, 1.165) is 16.0 Å². The summed E-state index contributed by atoms with van der Waals surface area (Å²) in [6.07, 6.45) is 5.57. The van der Waals surface area contributed by atoms with Crippen LogP contribution in [0.2, 0.25) is 0 Å². The number of rotatable bonds is 1. The molecule has 3 heteroatoms. The normalized spacial score (nSPS) is 16.2. The maximum atomic E-state index is 12.1. The van der Waals surface area contributed by atoms with Crippen LogP contribution in [-0.4, -0.2) is 23.8 Å². The third kappa shape index (κ3) is 2.57. The van der Waals surface area contributed by atoms with E-state index in [1.165, 1.54) is 7.05 Å². The van der Waals surface area contributed by atoms with E-state index < -0.39 is 0 Å². The molecule has 1 heterocycles. The Kier molecular flexibility index (Phi) is 5.44. The van der Waals surface area contributed by atoms with E-state index in [1.807, 2.05) is 52.0 Å². The number of carbonyl (C=O) groups excluding carboxylic acids is 2. The first-order valence-electron chi connectivity index (χ1n) is 6.86. The van der Waals surface area contributed by atoms with E-state index in [-0.39, 0.29) is 11.8 Å². The van der Waals surface area contributed by atoms with Gasteiger partial charge in [-0.15, -0.1) is 0 Å². The Bertz CT molecular complexity index is 583. The lowest BCUT2D eigenvalue weighted by molar-refractivity contribution is -0.121. The topological polar surface area (TPSA) is 37.4 Å². The van der Waals surface area contributed by atoms with Crippen molar-refractivity contribution >= 4 is 23.5 Å². The van der Waals surface area contributed by atoms with Crippen molar-refractivity contribution in [1.29, 1.82) is 0 Å². The highest BCUT2D eigenvalue weighted by Crippen LogP contribution is 2.31. The van der Waals surface area contributed by atoms with Gasteiger partial charge in [0.1, 0.15) is 0 Å². The molecule has 3 nitrogen and oxygen atoms in total. The smallest absolute Gasteiger partial charge is 0.261 e. The molecule has 0 unspecified atom stereocenters. The summed E-state index contributed by atoms with van der Waals surface area (Å²) in [6.45, 7) is 7.72. The molecule has 1 aromatic rings. The largest absolute Gasteiger partial charge is 0.277 e. The first kappa shape index (κ1) is 15.9. The molecular weight excluding hydrogens is 250 g/mol. The number of imide groups is 1. The van der Waals surface area contributed by atoms with Gasteiger partial charge in [0.15, 0.2) is 0 Å². The lowest BCUT2D eigenvalue weighted by Gasteiger charge is -2.26. The zero-order chi connectivity index (χ0) is 15.3. The number of benzene rings is 1. The molecule has 1 aliphatic rings. The van der Waals surface area contributed by atoms with Crippen molar-refractivity contribution in [3.05, 3.63) is 47.0 Å². The number of amides is 2. The zero-order valence-electron chi connectivity index (χ0n) is 12.7. The summed E-state index contributed by atoms with van der Waals surface area (Å²) in [5, 5.41) is 0. The van der Waals surface area contributed by atoms with Crippen LogP contribution in [0.4, 0.5) is 0 Å². The van der Waals surface area contributed by atoms with Crippen molar-refractivity contribution < 1.29 is 9.59 Å². The number of carbonyl (C=O) groups is 2. The Labute approximate surface area is 120 Å². The van der Waals surface area contributed by atoms with E-state index in [1.54, 1.807) is 12.1 Å². The molecule has 0 saturated heterocycles. The number of hydrogen-bond donors (Lipinski definition) is 0. The average Bonchev–Trinajstić information content (AvgIpc) is 2.48. The molecule has 0 atom stereocenters. The van der Waals surface area contributed by atoms with Crippen LogP contribution in [0.5, 0.6) is 0 Å². The van der Waals surface area contributed by atoms with Gasteiger partial charge in [0.05, 0.1) is 0 Å². The molecule has 0 N–H and O–H groups in total. The van der Waals surface area contributed by atoms with Gasteiger partial charge in [0.25, 0.3) is 11.8 Å². The molecule has 0 radical (unpaired) electrons. The van der Waals surface area contributed by atoms with E-state index in [9.17, 15) is 9.59 Å². The minimum atomic E-state index is -0.244. The van der Waals surface area contributed by atoms with Crippen LogP contribution in [0.25, 0.3) is 11.6 Å². The van der Waals surface area contributed by atoms with E-state index in [2.05, 4.69) is 0 Å². The van der Waals surface area contributed by atoms with Crippen LogP contribution in [0, 0.1) is 0 Å². The van der Waals surface area contributed by atoms with Crippen molar-refractivity contribution in [2.45, 2.75) is 27.7 Å². The van der Waals surface area contributed by atoms with Gasteiger partial charge in [-0.3, -0.25) is 14.5 Å². The third-order valence-electron chi connectivity index (χ3n) is 3.07. The predicted octanol–water partition coefficient (Wildman–Crippen LogP) is 3.76. The summed E-state index contributed by atoms with van der Waals surface area (Å²) in [5.74, 6) is -0.487. The van der Waals surface area contributed by atoms with Crippen molar-refractivity contribution in [2.24, 2.45) is 0 Å². The highest BCUT2D eigenvalue weighted by molar-refractivity contribution is 6.31. The maximum absolute atomic E-state index is 12.1. The molecule has 0 spiro atoms. The van der Waals surface area contributed by atoms with Gasteiger partial charge in [0, 0.05) is 23.7 Å². The standard InChI is InChI=1S/C15H15NO2.C2H6/c1-4-7-10-8-6-9-12-13(10)11(5-2)14(17)16(3)15(12)18;1-2/h4-9H,1-3H3;1-2H3/b7-4+,11-5+;. The molecule has 0 saturated carbocycles. The van der Waals surface area contributed by atoms with E-state index in [4.69, 9.17) is 0 Å². The SMILES string of the molecule is C/C=C/c1cccc2c1/C(=C\C)C(=O)N(C)C2=O.CC. The van der Waals surface area contributed by atoms with Crippen LogP contribution in [0.15, 0.2) is 30.4 Å². The van der Waals surface area contributed by atoms with Gasteiger partial charge in [-0.05, 0) is 25.5 Å². The minimum absolute atomic E-state index is 0.244. The molecule has 2 rings (SSSR count). The highest BCUT2D eigenvalue weighted by atomic mass is 16.2. The highest BCUT2D eigenvalue weighted by Gasteiger charge is 2.32. The number of fused-ring (bicyclic) bond motifs is 1. The Morgan fingerprint density at radius 1 is 1.05 bits per heavy atom. The molecule has 0 aliphatic carbocycles. The number of nitrogens with zero attached hydrogens (tertiary/aromatic N) is 1. The molecule has 106 valence electrons. The van der Waals surface area contributed by atoms with Gasteiger partial charge < -0.3 is 0 Å². The first-order valence-corrected chi connectivity index (χ1v) is 6.86. The van der Waals surface area contributed by atoms with E-state index >= 15 is 0 Å². The first-order chi connectivity index (χ1) is 9.61.